The van der Waals surface area contributed by atoms with Crippen LogP contribution in [0.1, 0.15) is 11.7 Å². The molecule has 0 spiro atoms. The number of terminal acetylenes is 1. The normalized spacial score (nSPS) is 11.4. The fraction of sp³-hybridized carbons (Fsp3) is 0.167. The van der Waals surface area contributed by atoms with Crippen LogP contribution in [-0.2, 0) is 0 Å². The maximum atomic E-state index is 9.47. The molecule has 1 atom stereocenters. The van der Waals surface area contributed by atoms with Crippen molar-refractivity contribution < 1.29 is 9.84 Å². The molecule has 0 heterocycles. The smallest absolute Gasteiger partial charge is 0.143 e. The zero-order chi connectivity index (χ0) is 10.4. The average Bonchev–Trinajstić information content (AvgIpc) is 2.25. The molecular formula is C12H12O2. The van der Waals surface area contributed by atoms with Crippen molar-refractivity contribution in [3.05, 3.63) is 42.5 Å². The molecule has 1 aromatic rings. The van der Waals surface area contributed by atoms with E-state index in [1.165, 1.54) is 0 Å². The Hall–Kier alpha value is -1.72. The molecule has 0 aliphatic carbocycles. The summed E-state index contributed by atoms with van der Waals surface area (Å²) >= 11 is 0. The standard InChI is InChI=1S/C12H12O2/c1-3-9-14-12-8-6-5-7-10(12)11(13)4-2/h2-3,5-8,11,13H,1,9H2. The first-order valence-corrected chi connectivity index (χ1v) is 4.26. The van der Waals surface area contributed by atoms with Gasteiger partial charge in [-0.3, -0.25) is 0 Å². The van der Waals surface area contributed by atoms with Gasteiger partial charge < -0.3 is 9.84 Å². The van der Waals surface area contributed by atoms with Crippen LogP contribution in [0.5, 0.6) is 5.75 Å². The summed E-state index contributed by atoms with van der Waals surface area (Å²) in [5.74, 6) is 2.84. The van der Waals surface area contributed by atoms with Crippen molar-refractivity contribution in [3.63, 3.8) is 0 Å². The van der Waals surface area contributed by atoms with Crippen molar-refractivity contribution in [1.82, 2.24) is 0 Å². The SMILES string of the molecule is C#CC(O)c1ccccc1OCC=C. The highest BCUT2D eigenvalue weighted by Gasteiger charge is 2.09. The largest absolute Gasteiger partial charge is 0.489 e. The van der Waals surface area contributed by atoms with Crippen LogP contribution >= 0.6 is 0 Å². The minimum atomic E-state index is -0.920. The Bertz CT molecular complexity index is 350. The molecule has 0 amide bonds. The summed E-state index contributed by atoms with van der Waals surface area (Å²) in [6.45, 7) is 3.94. The molecule has 0 aromatic heterocycles. The van der Waals surface area contributed by atoms with Gasteiger partial charge in [-0.25, -0.2) is 0 Å². The first kappa shape index (κ1) is 10.4. The van der Waals surface area contributed by atoms with Gasteiger partial charge in [0.25, 0.3) is 0 Å². The second-order valence-corrected chi connectivity index (χ2v) is 2.71. The molecule has 2 nitrogen and oxygen atoms in total. The first-order valence-electron chi connectivity index (χ1n) is 4.26. The van der Waals surface area contributed by atoms with E-state index >= 15 is 0 Å². The summed E-state index contributed by atoms with van der Waals surface area (Å²) in [4.78, 5) is 0. The van der Waals surface area contributed by atoms with E-state index in [0.29, 0.717) is 17.9 Å². The van der Waals surface area contributed by atoms with Crippen LogP contribution in [0.15, 0.2) is 36.9 Å². The van der Waals surface area contributed by atoms with Crippen molar-refractivity contribution in [3.8, 4) is 18.1 Å². The molecular weight excluding hydrogens is 176 g/mol. The molecule has 0 saturated heterocycles. The van der Waals surface area contributed by atoms with Crippen molar-refractivity contribution in [2.24, 2.45) is 0 Å². The van der Waals surface area contributed by atoms with Crippen LogP contribution in [0.2, 0.25) is 0 Å². The van der Waals surface area contributed by atoms with Gasteiger partial charge in [-0.1, -0.05) is 36.8 Å². The minimum absolute atomic E-state index is 0.397. The zero-order valence-corrected chi connectivity index (χ0v) is 7.81. The number of para-hydroxylation sites is 1. The Labute approximate surface area is 83.8 Å². The van der Waals surface area contributed by atoms with Crippen LogP contribution in [0.25, 0.3) is 0 Å². The summed E-state index contributed by atoms with van der Waals surface area (Å²) in [6, 6.07) is 7.13. The highest BCUT2D eigenvalue weighted by Crippen LogP contribution is 2.24. The summed E-state index contributed by atoms with van der Waals surface area (Å²) in [5, 5.41) is 9.47. The molecule has 72 valence electrons. The monoisotopic (exact) mass is 188 g/mol. The van der Waals surface area contributed by atoms with Gasteiger partial charge in [0.15, 0.2) is 0 Å². The van der Waals surface area contributed by atoms with Gasteiger partial charge >= 0.3 is 0 Å². The van der Waals surface area contributed by atoms with E-state index in [0.717, 1.165) is 0 Å². The quantitative estimate of drug-likeness (QED) is 0.577. The van der Waals surface area contributed by atoms with Gasteiger partial charge in [-0.2, -0.15) is 0 Å². The molecule has 0 aliphatic heterocycles. The van der Waals surface area contributed by atoms with Crippen LogP contribution in [0.4, 0.5) is 0 Å². The Kier molecular flexibility index (Phi) is 3.78. The number of benzene rings is 1. The third-order valence-electron chi connectivity index (χ3n) is 1.73. The van der Waals surface area contributed by atoms with E-state index in [9.17, 15) is 5.11 Å². The highest BCUT2D eigenvalue weighted by molar-refractivity contribution is 5.38. The molecule has 0 radical (unpaired) electrons. The van der Waals surface area contributed by atoms with Crippen LogP contribution < -0.4 is 4.74 Å². The maximum Gasteiger partial charge on any atom is 0.143 e. The number of hydrogen-bond acceptors (Lipinski definition) is 2. The molecule has 1 unspecified atom stereocenters. The lowest BCUT2D eigenvalue weighted by Gasteiger charge is -2.10. The van der Waals surface area contributed by atoms with E-state index in [4.69, 9.17) is 11.2 Å². The number of ether oxygens (including phenoxy) is 1. The molecule has 2 heteroatoms. The molecule has 0 fully saturated rings. The average molecular weight is 188 g/mol. The summed E-state index contributed by atoms with van der Waals surface area (Å²) in [5.41, 5.74) is 0.608. The van der Waals surface area contributed by atoms with Gasteiger partial charge in [0, 0.05) is 5.56 Å². The predicted molar refractivity (Wildman–Crippen MR) is 55.9 cm³/mol. The lowest BCUT2D eigenvalue weighted by atomic mass is 10.1. The van der Waals surface area contributed by atoms with E-state index in [1.54, 1.807) is 24.3 Å². The molecule has 0 bridgehead atoms. The second-order valence-electron chi connectivity index (χ2n) is 2.71. The number of aliphatic hydroxyl groups excluding tert-OH is 1. The number of rotatable bonds is 4. The van der Waals surface area contributed by atoms with Gasteiger partial charge in [0.2, 0.25) is 0 Å². The third kappa shape index (κ3) is 2.38. The van der Waals surface area contributed by atoms with Gasteiger partial charge in [-0.15, -0.1) is 6.42 Å². The zero-order valence-electron chi connectivity index (χ0n) is 7.81. The molecule has 0 aliphatic rings. The molecule has 0 saturated carbocycles. The fourth-order valence-corrected chi connectivity index (χ4v) is 1.08. The van der Waals surface area contributed by atoms with Crippen LogP contribution in [0.3, 0.4) is 0 Å². The van der Waals surface area contributed by atoms with Crippen LogP contribution in [0, 0.1) is 12.3 Å². The summed E-state index contributed by atoms with van der Waals surface area (Å²) < 4.78 is 5.34. The molecule has 1 aromatic carbocycles. The van der Waals surface area contributed by atoms with Crippen molar-refractivity contribution in [2.45, 2.75) is 6.10 Å². The fourth-order valence-electron chi connectivity index (χ4n) is 1.08. The third-order valence-corrected chi connectivity index (χ3v) is 1.73. The van der Waals surface area contributed by atoms with E-state index < -0.39 is 6.10 Å². The Morgan fingerprint density at radius 3 is 2.93 bits per heavy atom. The summed E-state index contributed by atoms with van der Waals surface area (Å²) in [7, 11) is 0. The molecule has 14 heavy (non-hydrogen) atoms. The predicted octanol–water partition coefficient (Wildman–Crippen LogP) is 1.92. The van der Waals surface area contributed by atoms with E-state index in [-0.39, 0.29) is 0 Å². The van der Waals surface area contributed by atoms with Gasteiger partial charge in [-0.05, 0) is 6.07 Å². The Morgan fingerprint density at radius 2 is 2.29 bits per heavy atom. The van der Waals surface area contributed by atoms with E-state index in [2.05, 4.69) is 12.5 Å². The highest BCUT2D eigenvalue weighted by atomic mass is 16.5. The Morgan fingerprint density at radius 1 is 1.57 bits per heavy atom. The van der Waals surface area contributed by atoms with Crippen molar-refractivity contribution in [1.29, 1.82) is 0 Å². The number of aliphatic hydroxyl groups is 1. The lowest BCUT2D eigenvalue weighted by Crippen LogP contribution is -2.00. The first-order chi connectivity index (χ1) is 6.79. The topological polar surface area (TPSA) is 29.5 Å². The molecule has 1 N–H and O–H groups in total. The van der Waals surface area contributed by atoms with Gasteiger partial charge in [0.05, 0.1) is 0 Å². The molecule has 1 rings (SSSR count). The summed E-state index contributed by atoms with van der Waals surface area (Å²) in [6.07, 6.45) is 5.84. The lowest BCUT2D eigenvalue weighted by molar-refractivity contribution is 0.230. The van der Waals surface area contributed by atoms with Crippen LogP contribution in [-0.4, -0.2) is 11.7 Å². The van der Waals surface area contributed by atoms with E-state index in [1.807, 2.05) is 6.07 Å². The Balaban J connectivity index is 2.91. The van der Waals surface area contributed by atoms with Crippen molar-refractivity contribution >= 4 is 0 Å². The number of hydrogen-bond donors (Lipinski definition) is 1. The maximum absolute atomic E-state index is 9.47. The van der Waals surface area contributed by atoms with Crippen molar-refractivity contribution in [2.75, 3.05) is 6.61 Å². The minimum Gasteiger partial charge on any atom is -0.489 e. The van der Waals surface area contributed by atoms with Gasteiger partial charge in [0.1, 0.15) is 18.5 Å². The second kappa shape index (κ2) is 5.11.